The third-order valence-electron chi connectivity index (χ3n) is 2.02. The van der Waals surface area contributed by atoms with E-state index in [9.17, 15) is 0 Å². The number of hydrogen-bond donors (Lipinski definition) is 4. The largest absolute Gasteiger partial charge is 0.399 e. The lowest BCUT2D eigenvalue weighted by Gasteiger charge is -2.24. The molecule has 0 aliphatic rings. The fourth-order valence-electron chi connectivity index (χ4n) is 1.15. The Morgan fingerprint density at radius 2 is 2.00 bits per heavy atom. The zero-order chi connectivity index (χ0) is 10.1. The molecule has 7 N–H and O–H groups in total. The lowest BCUT2D eigenvalue weighted by molar-refractivity contribution is 0.210. The quantitative estimate of drug-likeness (QED) is 0.483. The number of rotatable bonds is 2. The standard InChI is InChI=1S/C9H15N3O/c1-9(12,5-13)7-4-6(10)2-3-8(7)11/h2-4,13H,5,10-12H2,1H3/t9-/m0/s1. The van der Waals surface area contributed by atoms with Crippen LogP contribution in [0.3, 0.4) is 0 Å². The van der Waals surface area contributed by atoms with Crippen LogP contribution in [0, 0.1) is 0 Å². The summed E-state index contributed by atoms with van der Waals surface area (Å²) in [6.45, 7) is 1.54. The molecular formula is C9H15N3O. The summed E-state index contributed by atoms with van der Waals surface area (Å²) in [6.07, 6.45) is 0. The molecule has 0 radical (unpaired) electrons. The van der Waals surface area contributed by atoms with E-state index in [-0.39, 0.29) is 6.61 Å². The van der Waals surface area contributed by atoms with Crippen molar-refractivity contribution >= 4 is 11.4 Å². The van der Waals surface area contributed by atoms with Crippen LogP contribution in [0.2, 0.25) is 0 Å². The highest BCUT2D eigenvalue weighted by molar-refractivity contribution is 5.57. The summed E-state index contributed by atoms with van der Waals surface area (Å²) in [7, 11) is 0. The Morgan fingerprint density at radius 3 is 2.54 bits per heavy atom. The highest BCUT2D eigenvalue weighted by Crippen LogP contribution is 2.25. The highest BCUT2D eigenvalue weighted by atomic mass is 16.3. The lowest BCUT2D eigenvalue weighted by atomic mass is 9.92. The van der Waals surface area contributed by atoms with Gasteiger partial charge in [0.1, 0.15) is 0 Å². The highest BCUT2D eigenvalue weighted by Gasteiger charge is 2.22. The molecular weight excluding hydrogens is 166 g/mol. The van der Waals surface area contributed by atoms with E-state index in [1.54, 1.807) is 25.1 Å². The van der Waals surface area contributed by atoms with E-state index >= 15 is 0 Å². The third-order valence-corrected chi connectivity index (χ3v) is 2.02. The zero-order valence-corrected chi connectivity index (χ0v) is 7.62. The van der Waals surface area contributed by atoms with Crippen LogP contribution in [0.4, 0.5) is 11.4 Å². The first-order valence-electron chi connectivity index (χ1n) is 4.02. The van der Waals surface area contributed by atoms with E-state index in [4.69, 9.17) is 22.3 Å². The van der Waals surface area contributed by atoms with Crippen LogP contribution in [0.15, 0.2) is 18.2 Å². The summed E-state index contributed by atoms with van der Waals surface area (Å²) in [5, 5.41) is 9.04. The Kier molecular flexibility index (Phi) is 2.45. The van der Waals surface area contributed by atoms with Gasteiger partial charge in [0.05, 0.1) is 12.1 Å². The van der Waals surface area contributed by atoms with Gasteiger partial charge in [0.15, 0.2) is 0 Å². The average Bonchev–Trinajstić information content (AvgIpc) is 2.09. The maximum atomic E-state index is 9.04. The second-order valence-electron chi connectivity index (χ2n) is 3.42. The number of aliphatic hydroxyl groups is 1. The fraction of sp³-hybridized carbons (Fsp3) is 0.333. The molecule has 13 heavy (non-hydrogen) atoms. The lowest BCUT2D eigenvalue weighted by Crippen LogP contribution is -2.37. The van der Waals surface area contributed by atoms with Gasteiger partial charge in [0.25, 0.3) is 0 Å². The Balaban J connectivity index is 3.20. The van der Waals surface area contributed by atoms with Crippen molar-refractivity contribution < 1.29 is 5.11 Å². The van der Waals surface area contributed by atoms with Crippen molar-refractivity contribution in [2.45, 2.75) is 12.5 Å². The molecule has 0 unspecified atom stereocenters. The van der Waals surface area contributed by atoms with Gasteiger partial charge in [-0.3, -0.25) is 0 Å². The SMILES string of the molecule is C[C@](N)(CO)c1cc(N)ccc1N. The van der Waals surface area contributed by atoms with Crippen molar-refractivity contribution in [2.24, 2.45) is 5.73 Å². The summed E-state index contributed by atoms with van der Waals surface area (Å²) >= 11 is 0. The number of anilines is 2. The summed E-state index contributed by atoms with van der Waals surface area (Å²) in [5.41, 5.74) is 18.1. The molecule has 0 saturated heterocycles. The minimum Gasteiger partial charge on any atom is -0.399 e. The molecule has 0 aliphatic heterocycles. The van der Waals surface area contributed by atoms with Crippen LogP contribution in [0.1, 0.15) is 12.5 Å². The molecule has 0 fully saturated rings. The molecule has 0 aliphatic carbocycles. The molecule has 0 aromatic heterocycles. The van der Waals surface area contributed by atoms with Crippen LogP contribution in [0.25, 0.3) is 0 Å². The van der Waals surface area contributed by atoms with Crippen molar-refractivity contribution in [3.05, 3.63) is 23.8 Å². The summed E-state index contributed by atoms with van der Waals surface area (Å²) in [6, 6.07) is 5.07. The van der Waals surface area contributed by atoms with Crippen molar-refractivity contribution in [1.82, 2.24) is 0 Å². The zero-order valence-electron chi connectivity index (χ0n) is 7.62. The predicted octanol–water partition coefficient (Wildman–Crippen LogP) is 0.0172. The molecule has 1 atom stereocenters. The third kappa shape index (κ3) is 1.91. The van der Waals surface area contributed by atoms with Crippen LogP contribution in [-0.4, -0.2) is 11.7 Å². The second kappa shape index (κ2) is 3.24. The number of nitrogens with two attached hydrogens (primary N) is 3. The van der Waals surface area contributed by atoms with Crippen LogP contribution < -0.4 is 17.2 Å². The van der Waals surface area contributed by atoms with Gasteiger partial charge < -0.3 is 22.3 Å². The van der Waals surface area contributed by atoms with Crippen molar-refractivity contribution in [1.29, 1.82) is 0 Å². The van der Waals surface area contributed by atoms with Crippen molar-refractivity contribution in [3.63, 3.8) is 0 Å². The molecule has 0 spiro atoms. The summed E-state index contributed by atoms with van der Waals surface area (Å²) in [5.74, 6) is 0. The molecule has 0 heterocycles. The van der Waals surface area contributed by atoms with Gasteiger partial charge >= 0.3 is 0 Å². The van der Waals surface area contributed by atoms with E-state index < -0.39 is 5.54 Å². The monoisotopic (exact) mass is 181 g/mol. The van der Waals surface area contributed by atoms with Gasteiger partial charge in [-0.2, -0.15) is 0 Å². The molecule has 0 saturated carbocycles. The van der Waals surface area contributed by atoms with E-state index in [1.165, 1.54) is 0 Å². The second-order valence-corrected chi connectivity index (χ2v) is 3.42. The van der Waals surface area contributed by atoms with Crippen LogP contribution >= 0.6 is 0 Å². The first-order valence-corrected chi connectivity index (χ1v) is 4.02. The number of aliphatic hydroxyl groups excluding tert-OH is 1. The van der Waals surface area contributed by atoms with Gasteiger partial charge in [-0.15, -0.1) is 0 Å². The van der Waals surface area contributed by atoms with E-state index in [1.807, 2.05) is 0 Å². The summed E-state index contributed by atoms with van der Waals surface area (Å²) in [4.78, 5) is 0. The van der Waals surface area contributed by atoms with E-state index in [0.29, 0.717) is 16.9 Å². The van der Waals surface area contributed by atoms with Gasteiger partial charge in [-0.25, -0.2) is 0 Å². The maximum Gasteiger partial charge on any atom is 0.0651 e. The summed E-state index contributed by atoms with van der Waals surface area (Å²) < 4.78 is 0. The van der Waals surface area contributed by atoms with Gasteiger partial charge in [0.2, 0.25) is 0 Å². The molecule has 1 rings (SSSR count). The topological polar surface area (TPSA) is 98.3 Å². The van der Waals surface area contributed by atoms with Crippen LogP contribution in [0.5, 0.6) is 0 Å². The number of benzene rings is 1. The molecule has 72 valence electrons. The minimum atomic E-state index is -0.834. The average molecular weight is 181 g/mol. The Labute approximate surface area is 77.3 Å². The molecule has 0 bridgehead atoms. The van der Waals surface area contributed by atoms with Gasteiger partial charge in [-0.1, -0.05) is 0 Å². The Hall–Kier alpha value is -1.26. The molecule has 1 aromatic rings. The fourth-order valence-corrected chi connectivity index (χ4v) is 1.15. The van der Waals surface area contributed by atoms with Crippen molar-refractivity contribution in [2.75, 3.05) is 18.1 Å². The van der Waals surface area contributed by atoms with E-state index in [2.05, 4.69) is 0 Å². The minimum absolute atomic E-state index is 0.166. The van der Waals surface area contributed by atoms with Crippen LogP contribution in [-0.2, 0) is 5.54 Å². The predicted molar refractivity (Wildman–Crippen MR) is 53.9 cm³/mol. The first-order chi connectivity index (χ1) is 5.97. The number of hydrogen-bond acceptors (Lipinski definition) is 4. The van der Waals surface area contributed by atoms with E-state index in [0.717, 1.165) is 0 Å². The smallest absolute Gasteiger partial charge is 0.0651 e. The van der Waals surface area contributed by atoms with Gasteiger partial charge in [-0.05, 0) is 30.7 Å². The normalized spacial score (nSPS) is 15.3. The Morgan fingerprint density at radius 1 is 1.38 bits per heavy atom. The van der Waals surface area contributed by atoms with Crippen molar-refractivity contribution in [3.8, 4) is 0 Å². The molecule has 0 amide bonds. The molecule has 4 heteroatoms. The van der Waals surface area contributed by atoms with Gasteiger partial charge in [0, 0.05) is 11.4 Å². The Bertz CT molecular complexity index is 310. The maximum absolute atomic E-state index is 9.04. The molecule has 4 nitrogen and oxygen atoms in total. The first kappa shape index (κ1) is 9.83. The number of nitrogen functional groups attached to an aromatic ring is 2. The molecule has 1 aromatic carbocycles.